The standard InChI is InChI=1S/C15H12BrClN2O4/c1-2-23-14-6-3-9(7-11(14)16)15(20)18-13-8-10(19(21)22)4-5-12(13)17/h3-8H,2H2,1H3,(H,18,20). The Hall–Kier alpha value is -2.12. The van der Waals surface area contributed by atoms with Crippen LogP contribution in [0.3, 0.4) is 0 Å². The number of anilines is 1. The van der Waals surface area contributed by atoms with Crippen molar-refractivity contribution in [2.75, 3.05) is 11.9 Å². The molecule has 0 spiro atoms. The van der Waals surface area contributed by atoms with E-state index in [2.05, 4.69) is 21.2 Å². The summed E-state index contributed by atoms with van der Waals surface area (Å²) in [5.41, 5.74) is 0.386. The Balaban J connectivity index is 2.24. The van der Waals surface area contributed by atoms with Crippen LogP contribution >= 0.6 is 27.5 Å². The maximum absolute atomic E-state index is 12.3. The van der Waals surface area contributed by atoms with E-state index in [1.807, 2.05) is 6.92 Å². The third-order valence-corrected chi connectivity index (χ3v) is 3.85. The predicted molar refractivity (Wildman–Crippen MR) is 91.4 cm³/mol. The molecule has 2 rings (SSSR count). The highest BCUT2D eigenvalue weighted by Crippen LogP contribution is 2.29. The third kappa shape index (κ3) is 4.20. The van der Waals surface area contributed by atoms with Crippen LogP contribution in [0.1, 0.15) is 17.3 Å². The lowest BCUT2D eigenvalue weighted by molar-refractivity contribution is -0.384. The van der Waals surface area contributed by atoms with Crippen LogP contribution in [0, 0.1) is 10.1 Å². The third-order valence-electron chi connectivity index (χ3n) is 2.90. The smallest absolute Gasteiger partial charge is 0.271 e. The first-order chi connectivity index (χ1) is 10.9. The molecule has 0 aliphatic rings. The summed E-state index contributed by atoms with van der Waals surface area (Å²) in [5.74, 6) is 0.188. The number of ether oxygens (including phenoxy) is 1. The average molecular weight is 400 g/mol. The van der Waals surface area contributed by atoms with E-state index < -0.39 is 10.8 Å². The van der Waals surface area contributed by atoms with Crippen molar-refractivity contribution in [3.63, 3.8) is 0 Å². The summed E-state index contributed by atoms with van der Waals surface area (Å²) in [6.07, 6.45) is 0. The number of non-ortho nitro benzene ring substituents is 1. The fourth-order valence-electron chi connectivity index (χ4n) is 1.83. The lowest BCUT2D eigenvalue weighted by Gasteiger charge is -2.09. The second-order valence-electron chi connectivity index (χ2n) is 4.45. The topological polar surface area (TPSA) is 81.5 Å². The Morgan fingerprint density at radius 3 is 2.70 bits per heavy atom. The van der Waals surface area contributed by atoms with Crippen molar-refractivity contribution < 1.29 is 14.5 Å². The normalized spacial score (nSPS) is 10.2. The van der Waals surface area contributed by atoms with Crippen molar-refractivity contribution in [1.29, 1.82) is 0 Å². The summed E-state index contributed by atoms with van der Waals surface area (Å²) in [6.45, 7) is 2.37. The number of amides is 1. The minimum absolute atomic E-state index is 0.155. The average Bonchev–Trinajstić information content (AvgIpc) is 2.51. The van der Waals surface area contributed by atoms with Gasteiger partial charge in [-0.1, -0.05) is 11.6 Å². The van der Waals surface area contributed by atoms with Gasteiger partial charge in [0.1, 0.15) is 5.75 Å². The largest absolute Gasteiger partial charge is 0.493 e. The Morgan fingerprint density at radius 1 is 1.35 bits per heavy atom. The molecule has 1 N–H and O–H groups in total. The van der Waals surface area contributed by atoms with E-state index in [-0.39, 0.29) is 16.4 Å². The molecule has 0 atom stereocenters. The van der Waals surface area contributed by atoms with Gasteiger partial charge in [-0.3, -0.25) is 14.9 Å². The highest BCUT2D eigenvalue weighted by molar-refractivity contribution is 9.10. The van der Waals surface area contributed by atoms with Gasteiger partial charge >= 0.3 is 0 Å². The van der Waals surface area contributed by atoms with Crippen LogP contribution in [0.4, 0.5) is 11.4 Å². The predicted octanol–water partition coefficient (Wildman–Crippen LogP) is 4.66. The number of nitrogens with zero attached hydrogens (tertiary/aromatic N) is 1. The van der Waals surface area contributed by atoms with Gasteiger partial charge in [0.25, 0.3) is 11.6 Å². The molecule has 0 radical (unpaired) electrons. The molecule has 0 saturated heterocycles. The Bertz CT molecular complexity index is 767. The number of benzene rings is 2. The van der Waals surface area contributed by atoms with E-state index in [1.54, 1.807) is 18.2 Å². The maximum atomic E-state index is 12.3. The van der Waals surface area contributed by atoms with Crippen LogP contribution < -0.4 is 10.1 Å². The number of nitro groups is 1. The number of carbonyl (C=O) groups excluding carboxylic acids is 1. The summed E-state index contributed by atoms with van der Waals surface area (Å²) in [4.78, 5) is 22.5. The number of carbonyl (C=O) groups is 1. The molecule has 6 nitrogen and oxygen atoms in total. The van der Waals surface area contributed by atoms with Gasteiger partial charge in [0.2, 0.25) is 0 Å². The molecule has 0 fully saturated rings. The summed E-state index contributed by atoms with van der Waals surface area (Å²) < 4.78 is 6.01. The zero-order valence-electron chi connectivity index (χ0n) is 12.0. The van der Waals surface area contributed by atoms with Crippen LogP contribution in [0.2, 0.25) is 5.02 Å². The fourth-order valence-corrected chi connectivity index (χ4v) is 2.49. The molecule has 0 heterocycles. The van der Waals surface area contributed by atoms with Gasteiger partial charge in [0.05, 0.1) is 26.7 Å². The van der Waals surface area contributed by atoms with Crippen molar-refractivity contribution in [1.82, 2.24) is 0 Å². The number of hydrogen-bond donors (Lipinski definition) is 1. The highest BCUT2D eigenvalue weighted by atomic mass is 79.9. The Kier molecular flexibility index (Phi) is 5.57. The maximum Gasteiger partial charge on any atom is 0.271 e. The van der Waals surface area contributed by atoms with E-state index in [0.29, 0.717) is 22.4 Å². The summed E-state index contributed by atoms with van der Waals surface area (Å²) >= 11 is 9.29. The molecule has 120 valence electrons. The first-order valence-electron chi connectivity index (χ1n) is 6.60. The molecule has 1 amide bonds. The molecular weight excluding hydrogens is 388 g/mol. The van der Waals surface area contributed by atoms with Crippen molar-refractivity contribution in [3.8, 4) is 5.75 Å². The molecular formula is C15H12BrClN2O4. The molecule has 0 aliphatic heterocycles. The minimum atomic E-state index is -0.556. The number of halogens is 2. The van der Waals surface area contributed by atoms with E-state index in [1.165, 1.54) is 18.2 Å². The van der Waals surface area contributed by atoms with E-state index >= 15 is 0 Å². The van der Waals surface area contributed by atoms with Gasteiger partial charge in [-0.2, -0.15) is 0 Å². The Labute approximate surface area is 145 Å². The lowest BCUT2D eigenvalue weighted by atomic mass is 10.2. The van der Waals surface area contributed by atoms with Crippen LogP contribution in [-0.4, -0.2) is 17.4 Å². The zero-order chi connectivity index (χ0) is 17.0. The molecule has 0 saturated carbocycles. The number of rotatable bonds is 5. The van der Waals surface area contributed by atoms with Gasteiger partial charge in [-0.25, -0.2) is 0 Å². The zero-order valence-corrected chi connectivity index (χ0v) is 14.3. The summed E-state index contributed by atoms with van der Waals surface area (Å²) in [6, 6.07) is 8.71. The molecule has 0 unspecified atom stereocenters. The SMILES string of the molecule is CCOc1ccc(C(=O)Nc2cc([N+](=O)[O-])ccc2Cl)cc1Br. The quantitative estimate of drug-likeness (QED) is 0.585. The van der Waals surface area contributed by atoms with Gasteiger partial charge < -0.3 is 10.1 Å². The monoisotopic (exact) mass is 398 g/mol. The second kappa shape index (κ2) is 7.43. The van der Waals surface area contributed by atoms with Crippen LogP contribution in [0.15, 0.2) is 40.9 Å². The molecule has 8 heteroatoms. The van der Waals surface area contributed by atoms with E-state index in [4.69, 9.17) is 16.3 Å². The Morgan fingerprint density at radius 2 is 2.09 bits per heavy atom. The number of hydrogen-bond acceptors (Lipinski definition) is 4. The first-order valence-corrected chi connectivity index (χ1v) is 7.77. The van der Waals surface area contributed by atoms with Crippen LogP contribution in [0.25, 0.3) is 0 Å². The highest BCUT2D eigenvalue weighted by Gasteiger charge is 2.14. The molecule has 2 aromatic rings. The molecule has 0 aliphatic carbocycles. The molecule has 0 bridgehead atoms. The molecule has 2 aromatic carbocycles. The second-order valence-corrected chi connectivity index (χ2v) is 5.72. The van der Waals surface area contributed by atoms with Gasteiger partial charge in [0, 0.05) is 17.7 Å². The van der Waals surface area contributed by atoms with Gasteiger partial charge in [0.15, 0.2) is 0 Å². The van der Waals surface area contributed by atoms with Crippen molar-refractivity contribution in [3.05, 3.63) is 61.6 Å². The van der Waals surface area contributed by atoms with Gasteiger partial charge in [-0.15, -0.1) is 0 Å². The van der Waals surface area contributed by atoms with Crippen molar-refractivity contribution in [2.24, 2.45) is 0 Å². The fraction of sp³-hybridized carbons (Fsp3) is 0.133. The minimum Gasteiger partial charge on any atom is -0.493 e. The van der Waals surface area contributed by atoms with Gasteiger partial charge in [-0.05, 0) is 47.1 Å². The lowest BCUT2D eigenvalue weighted by Crippen LogP contribution is -2.12. The summed E-state index contributed by atoms with van der Waals surface area (Å²) in [7, 11) is 0. The van der Waals surface area contributed by atoms with E-state index in [9.17, 15) is 14.9 Å². The number of nitro benzene ring substituents is 1. The molecule has 0 aromatic heterocycles. The van der Waals surface area contributed by atoms with Crippen LogP contribution in [-0.2, 0) is 0 Å². The van der Waals surface area contributed by atoms with E-state index in [0.717, 1.165) is 0 Å². The molecule has 23 heavy (non-hydrogen) atoms. The van der Waals surface area contributed by atoms with Crippen LogP contribution in [0.5, 0.6) is 5.75 Å². The van der Waals surface area contributed by atoms with Crippen molar-refractivity contribution in [2.45, 2.75) is 6.92 Å². The van der Waals surface area contributed by atoms with Crippen molar-refractivity contribution >= 4 is 44.8 Å². The number of nitrogens with one attached hydrogen (secondary N) is 1. The summed E-state index contributed by atoms with van der Waals surface area (Å²) in [5, 5.41) is 13.6. The first kappa shape index (κ1) is 17.2.